The van der Waals surface area contributed by atoms with Gasteiger partial charge in [0.1, 0.15) is 22.9 Å². The Bertz CT molecular complexity index is 1230. The Kier molecular flexibility index (Phi) is 8.02. The molecule has 1 heterocycles. The molecule has 0 unspecified atom stereocenters. The number of ether oxygens (including phenoxy) is 3. The van der Waals surface area contributed by atoms with Crippen LogP contribution >= 0.6 is 0 Å². The van der Waals surface area contributed by atoms with Crippen molar-refractivity contribution in [1.82, 2.24) is 4.31 Å². The van der Waals surface area contributed by atoms with E-state index in [1.807, 2.05) is 0 Å². The van der Waals surface area contributed by atoms with E-state index in [0.29, 0.717) is 5.75 Å². The maximum atomic E-state index is 13.1. The van der Waals surface area contributed by atoms with Crippen LogP contribution in [-0.4, -0.2) is 80.4 Å². The van der Waals surface area contributed by atoms with Crippen molar-refractivity contribution >= 4 is 37.3 Å². The number of anilines is 2. The van der Waals surface area contributed by atoms with Crippen LogP contribution in [0, 0.1) is 0 Å². The van der Waals surface area contributed by atoms with Gasteiger partial charge in [-0.25, -0.2) is 16.8 Å². The first-order chi connectivity index (χ1) is 16.1. The topological polar surface area (TPSA) is 132 Å². The molecule has 0 aliphatic carbocycles. The summed E-state index contributed by atoms with van der Waals surface area (Å²) in [7, 11) is -4.85. The van der Waals surface area contributed by atoms with E-state index in [9.17, 15) is 21.6 Å². The van der Waals surface area contributed by atoms with E-state index in [2.05, 4.69) is 5.32 Å². The van der Waals surface area contributed by atoms with Gasteiger partial charge in [-0.15, -0.1) is 0 Å². The summed E-state index contributed by atoms with van der Waals surface area (Å²) in [4.78, 5) is 12.6. The van der Waals surface area contributed by atoms with Crippen LogP contribution in [0.25, 0.3) is 0 Å². The van der Waals surface area contributed by atoms with Gasteiger partial charge in [0.15, 0.2) is 0 Å². The van der Waals surface area contributed by atoms with E-state index >= 15 is 0 Å². The molecule has 1 N–H and O–H groups in total. The molecular formula is C21H27N3O8S2. The number of methoxy groups -OCH3 is 2. The molecule has 1 saturated heterocycles. The van der Waals surface area contributed by atoms with E-state index < -0.39 is 32.5 Å². The lowest BCUT2D eigenvalue weighted by atomic mass is 10.3. The van der Waals surface area contributed by atoms with E-state index in [1.54, 1.807) is 12.1 Å². The maximum absolute atomic E-state index is 13.1. The number of carbonyl (C=O) groups excluding carboxylic acids is 1. The lowest BCUT2D eigenvalue weighted by Gasteiger charge is -2.27. The van der Waals surface area contributed by atoms with Crippen molar-refractivity contribution in [2.24, 2.45) is 0 Å². The van der Waals surface area contributed by atoms with Gasteiger partial charge in [-0.3, -0.25) is 9.10 Å². The number of nitrogens with one attached hydrogen (secondary N) is 1. The van der Waals surface area contributed by atoms with E-state index in [1.165, 1.54) is 48.9 Å². The fourth-order valence-corrected chi connectivity index (χ4v) is 5.81. The normalized spacial score (nSPS) is 14.9. The van der Waals surface area contributed by atoms with Crippen LogP contribution in [0.3, 0.4) is 0 Å². The Hall–Kier alpha value is -2.87. The Morgan fingerprint density at radius 2 is 1.68 bits per heavy atom. The van der Waals surface area contributed by atoms with Crippen LogP contribution in [0.5, 0.6) is 11.5 Å². The van der Waals surface area contributed by atoms with Crippen LogP contribution < -0.4 is 19.1 Å². The molecule has 0 saturated carbocycles. The number of amides is 1. The number of morpholine rings is 1. The Morgan fingerprint density at radius 3 is 2.24 bits per heavy atom. The minimum atomic E-state index is -3.90. The lowest BCUT2D eigenvalue weighted by Crippen LogP contribution is -2.40. The summed E-state index contributed by atoms with van der Waals surface area (Å²) >= 11 is 0. The quantitative estimate of drug-likeness (QED) is 0.528. The first kappa shape index (κ1) is 25.7. The van der Waals surface area contributed by atoms with Gasteiger partial charge in [-0.05, 0) is 42.5 Å². The van der Waals surface area contributed by atoms with E-state index in [4.69, 9.17) is 14.2 Å². The van der Waals surface area contributed by atoms with Crippen LogP contribution in [0.4, 0.5) is 11.4 Å². The molecule has 1 aliphatic heterocycles. The summed E-state index contributed by atoms with van der Waals surface area (Å²) in [5, 5.41) is 2.57. The maximum Gasteiger partial charge on any atom is 0.246 e. The molecule has 1 amide bonds. The highest BCUT2D eigenvalue weighted by Gasteiger charge is 2.30. The molecule has 2 aromatic rings. The standard InChI is InChI=1S/C21H27N3O8S2/c1-30-18-7-5-17(6-8-18)24(33(3,26)27)15-21(25)22-16-4-9-19(31-2)20(14-16)34(28,29)23-10-12-32-13-11-23/h4-9,14H,10-13,15H2,1-3H3,(H,22,25). The number of hydrogen-bond donors (Lipinski definition) is 1. The summed E-state index contributed by atoms with van der Waals surface area (Å²) < 4.78 is 68.7. The minimum absolute atomic E-state index is 0.107. The van der Waals surface area contributed by atoms with Crippen molar-refractivity contribution in [3.05, 3.63) is 42.5 Å². The summed E-state index contributed by atoms with van der Waals surface area (Å²) in [5.41, 5.74) is 0.463. The summed E-state index contributed by atoms with van der Waals surface area (Å²) in [5.74, 6) is 0.00973. The van der Waals surface area contributed by atoms with Gasteiger partial charge in [-0.2, -0.15) is 4.31 Å². The zero-order chi connectivity index (χ0) is 24.9. The van der Waals surface area contributed by atoms with Gasteiger partial charge < -0.3 is 19.5 Å². The van der Waals surface area contributed by atoms with Crippen molar-refractivity contribution in [2.75, 3.05) is 62.9 Å². The molecule has 2 aromatic carbocycles. The fraction of sp³-hybridized carbons (Fsp3) is 0.381. The third-order valence-electron chi connectivity index (χ3n) is 5.08. The van der Waals surface area contributed by atoms with Gasteiger partial charge in [0.2, 0.25) is 26.0 Å². The fourth-order valence-electron chi connectivity index (χ4n) is 3.36. The van der Waals surface area contributed by atoms with Crippen LogP contribution in [0.15, 0.2) is 47.4 Å². The summed E-state index contributed by atoms with van der Waals surface area (Å²) in [6, 6.07) is 10.4. The molecule has 1 aliphatic rings. The number of rotatable bonds is 9. The molecule has 34 heavy (non-hydrogen) atoms. The Labute approximate surface area is 199 Å². The van der Waals surface area contributed by atoms with Gasteiger partial charge in [0, 0.05) is 18.8 Å². The zero-order valence-corrected chi connectivity index (χ0v) is 20.7. The van der Waals surface area contributed by atoms with Gasteiger partial charge >= 0.3 is 0 Å². The average Bonchev–Trinajstić information content (AvgIpc) is 2.82. The molecule has 0 radical (unpaired) electrons. The smallest absolute Gasteiger partial charge is 0.246 e. The highest BCUT2D eigenvalue weighted by atomic mass is 32.2. The second kappa shape index (κ2) is 10.6. The highest BCUT2D eigenvalue weighted by Crippen LogP contribution is 2.30. The number of carbonyl (C=O) groups is 1. The van der Waals surface area contributed by atoms with E-state index in [0.717, 1.165) is 10.6 Å². The third-order valence-corrected chi connectivity index (χ3v) is 8.14. The number of sulfonamides is 2. The molecule has 0 aromatic heterocycles. The molecule has 0 bridgehead atoms. The summed E-state index contributed by atoms with van der Waals surface area (Å²) in [6.07, 6.45) is 0.991. The second-order valence-corrected chi connectivity index (χ2v) is 11.2. The largest absolute Gasteiger partial charge is 0.497 e. The number of hydrogen-bond acceptors (Lipinski definition) is 8. The first-order valence-electron chi connectivity index (χ1n) is 10.2. The van der Waals surface area contributed by atoms with Crippen molar-refractivity contribution in [2.45, 2.75) is 4.90 Å². The van der Waals surface area contributed by atoms with E-state index in [-0.39, 0.29) is 48.3 Å². The van der Waals surface area contributed by atoms with Gasteiger partial charge in [0.05, 0.1) is 39.4 Å². The SMILES string of the molecule is COc1ccc(N(CC(=O)Nc2ccc(OC)c(S(=O)(=O)N3CCOCC3)c2)S(C)(=O)=O)cc1. The molecule has 3 rings (SSSR count). The third kappa shape index (κ3) is 5.97. The van der Waals surface area contributed by atoms with Gasteiger partial charge in [-0.1, -0.05) is 0 Å². The Balaban J connectivity index is 1.83. The Morgan fingerprint density at radius 1 is 1.03 bits per heavy atom. The van der Waals surface area contributed by atoms with Gasteiger partial charge in [0.25, 0.3) is 0 Å². The number of benzene rings is 2. The minimum Gasteiger partial charge on any atom is -0.497 e. The van der Waals surface area contributed by atoms with Crippen molar-refractivity contribution in [3.8, 4) is 11.5 Å². The molecule has 13 heteroatoms. The average molecular weight is 514 g/mol. The monoisotopic (exact) mass is 513 g/mol. The molecule has 0 spiro atoms. The molecule has 0 atom stereocenters. The molecule has 11 nitrogen and oxygen atoms in total. The van der Waals surface area contributed by atoms with Crippen molar-refractivity contribution in [1.29, 1.82) is 0 Å². The number of nitrogens with zero attached hydrogens (tertiary/aromatic N) is 2. The predicted octanol–water partition coefficient (Wildman–Crippen LogP) is 1.13. The zero-order valence-electron chi connectivity index (χ0n) is 19.1. The van der Waals surface area contributed by atoms with Crippen LogP contribution in [0.1, 0.15) is 0 Å². The molecule has 1 fully saturated rings. The lowest BCUT2D eigenvalue weighted by molar-refractivity contribution is -0.114. The van der Waals surface area contributed by atoms with Crippen molar-refractivity contribution < 1.29 is 35.8 Å². The van der Waals surface area contributed by atoms with Crippen LogP contribution in [0.2, 0.25) is 0 Å². The molecular weight excluding hydrogens is 486 g/mol. The predicted molar refractivity (Wildman–Crippen MR) is 126 cm³/mol. The second-order valence-electron chi connectivity index (χ2n) is 7.40. The highest BCUT2D eigenvalue weighted by molar-refractivity contribution is 7.92. The van der Waals surface area contributed by atoms with Crippen LogP contribution in [-0.2, 0) is 29.6 Å². The van der Waals surface area contributed by atoms with Crippen molar-refractivity contribution in [3.63, 3.8) is 0 Å². The first-order valence-corrected chi connectivity index (χ1v) is 13.5. The molecule has 186 valence electrons. The summed E-state index contributed by atoms with van der Waals surface area (Å²) in [6.45, 7) is 0.457.